The molecule has 0 bridgehead atoms. The van der Waals surface area contributed by atoms with E-state index in [1.807, 2.05) is 54.6 Å². The van der Waals surface area contributed by atoms with Crippen LogP contribution in [0.1, 0.15) is 6.92 Å². The van der Waals surface area contributed by atoms with Crippen molar-refractivity contribution in [2.24, 2.45) is 0 Å². The molecule has 0 saturated heterocycles. The van der Waals surface area contributed by atoms with Gasteiger partial charge in [0.05, 0.1) is 27.0 Å². The largest absolute Gasteiger partial charge is 0.302 e. The summed E-state index contributed by atoms with van der Waals surface area (Å²) in [5.74, 6) is -0.143. The standard InChI is InChI=1S/C21H18N4O2S2/c1-14(26)23-21-24-19-9-8-15(11-20(19)28-21)16-10-17(13-22-12-16)25(2)29(27)18-6-4-3-5-7-18/h3-13H,1-2H3,(H,23,24,26). The van der Waals surface area contributed by atoms with Crippen LogP contribution in [0.25, 0.3) is 21.3 Å². The van der Waals surface area contributed by atoms with Gasteiger partial charge in [0.1, 0.15) is 0 Å². The molecule has 146 valence electrons. The molecule has 2 aromatic carbocycles. The van der Waals surface area contributed by atoms with Crippen LogP contribution in [0.15, 0.2) is 71.9 Å². The molecule has 1 unspecified atom stereocenters. The van der Waals surface area contributed by atoms with Crippen LogP contribution in [-0.4, -0.2) is 27.1 Å². The molecular formula is C21H18N4O2S2. The molecule has 8 heteroatoms. The van der Waals surface area contributed by atoms with Crippen molar-refractivity contribution in [1.29, 1.82) is 0 Å². The van der Waals surface area contributed by atoms with Gasteiger partial charge >= 0.3 is 0 Å². The summed E-state index contributed by atoms with van der Waals surface area (Å²) in [4.78, 5) is 20.7. The number of aromatic nitrogens is 2. The number of hydrogen-bond acceptors (Lipinski definition) is 5. The zero-order valence-corrected chi connectivity index (χ0v) is 17.5. The van der Waals surface area contributed by atoms with E-state index in [1.54, 1.807) is 23.7 Å². The van der Waals surface area contributed by atoms with Gasteiger partial charge in [-0.25, -0.2) is 9.19 Å². The number of fused-ring (bicyclic) bond motifs is 1. The maximum Gasteiger partial charge on any atom is 0.223 e. The van der Waals surface area contributed by atoms with Gasteiger partial charge < -0.3 is 5.32 Å². The number of thiazole rings is 1. The predicted octanol–water partition coefficient (Wildman–Crippen LogP) is 4.48. The van der Waals surface area contributed by atoms with Gasteiger partial charge in [0.2, 0.25) is 5.91 Å². The average molecular weight is 423 g/mol. The minimum atomic E-state index is -1.32. The summed E-state index contributed by atoms with van der Waals surface area (Å²) in [6.45, 7) is 1.46. The molecule has 4 aromatic rings. The van der Waals surface area contributed by atoms with Crippen molar-refractivity contribution >= 4 is 49.3 Å². The molecule has 0 spiro atoms. The van der Waals surface area contributed by atoms with E-state index in [0.29, 0.717) is 5.13 Å². The number of carbonyl (C=O) groups is 1. The molecule has 4 rings (SSSR count). The van der Waals surface area contributed by atoms with Gasteiger partial charge in [0.25, 0.3) is 0 Å². The van der Waals surface area contributed by atoms with Gasteiger partial charge in [-0.05, 0) is 35.9 Å². The number of nitrogens with one attached hydrogen (secondary N) is 1. The Balaban J connectivity index is 1.64. The van der Waals surface area contributed by atoms with Crippen LogP contribution in [0.4, 0.5) is 10.8 Å². The Kier molecular flexibility index (Phi) is 5.37. The maximum absolute atomic E-state index is 12.8. The molecular weight excluding hydrogens is 404 g/mol. The van der Waals surface area contributed by atoms with Crippen LogP contribution in [0, 0.1) is 0 Å². The van der Waals surface area contributed by atoms with Crippen molar-refractivity contribution in [2.75, 3.05) is 16.7 Å². The number of anilines is 2. The first-order valence-electron chi connectivity index (χ1n) is 8.85. The van der Waals surface area contributed by atoms with E-state index in [-0.39, 0.29) is 5.91 Å². The molecule has 2 heterocycles. The lowest BCUT2D eigenvalue weighted by Crippen LogP contribution is -2.20. The normalized spacial score (nSPS) is 11.9. The second-order valence-corrected chi connectivity index (χ2v) is 8.92. The average Bonchev–Trinajstić information content (AvgIpc) is 3.14. The first-order valence-corrected chi connectivity index (χ1v) is 10.8. The summed E-state index contributed by atoms with van der Waals surface area (Å²) in [6, 6.07) is 17.2. The molecule has 0 aliphatic heterocycles. The highest BCUT2D eigenvalue weighted by Gasteiger charge is 2.13. The summed E-state index contributed by atoms with van der Waals surface area (Å²) in [5, 5.41) is 3.30. The van der Waals surface area contributed by atoms with E-state index in [4.69, 9.17) is 0 Å². The number of amides is 1. The highest BCUT2D eigenvalue weighted by atomic mass is 32.2. The van der Waals surface area contributed by atoms with E-state index in [0.717, 1.165) is 31.9 Å². The zero-order valence-electron chi connectivity index (χ0n) is 15.8. The lowest BCUT2D eigenvalue weighted by atomic mass is 10.1. The predicted molar refractivity (Wildman–Crippen MR) is 118 cm³/mol. The van der Waals surface area contributed by atoms with Crippen LogP contribution < -0.4 is 9.62 Å². The number of carbonyl (C=O) groups excluding carboxylic acids is 1. The Hall–Kier alpha value is -3.10. The molecule has 29 heavy (non-hydrogen) atoms. The number of rotatable bonds is 5. The zero-order chi connectivity index (χ0) is 20.4. The molecule has 1 N–H and O–H groups in total. The Morgan fingerprint density at radius 3 is 2.62 bits per heavy atom. The van der Waals surface area contributed by atoms with Crippen molar-refractivity contribution in [1.82, 2.24) is 9.97 Å². The molecule has 6 nitrogen and oxygen atoms in total. The minimum absolute atomic E-state index is 0.143. The van der Waals surface area contributed by atoms with Gasteiger partial charge in [-0.3, -0.25) is 14.1 Å². The van der Waals surface area contributed by atoms with Gasteiger partial charge in [-0.1, -0.05) is 35.6 Å². The van der Waals surface area contributed by atoms with Crippen LogP contribution in [0.3, 0.4) is 0 Å². The van der Waals surface area contributed by atoms with Crippen LogP contribution in [0.2, 0.25) is 0 Å². The molecule has 0 aliphatic rings. The van der Waals surface area contributed by atoms with Crippen LogP contribution in [0.5, 0.6) is 0 Å². The van der Waals surface area contributed by atoms with Gasteiger partial charge in [-0.15, -0.1) is 0 Å². The van der Waals surface area contributed by atoms with E-state index in [1.165, 1.54) is 18.3 Å². The lowest BCUT2D eigenvalue weighted by Gasteiger charge is -2.18. The third-order valence-corrected chi connectivity index (χ3v) is 6.60. The number of hydrogen-bond donors (Lipinski definition) is 1. The Morgan fingerprint density at radius 1 is 1.07 bits per heavy atom. The van der Waals surface area contributed by atoms with Gasteiger partial charge in [0.15, 0.2) is 16.1 Å². The maximum atomic E-state index is 12.8. The highest BCUT2D eigenvalue weighted by Crippen LogP contribution is 2.31. The molecule has 1 atom stereocenters. The number of pyridine rings is 1. The fourth-order valence-corrected chi connectivity index (χ4v) is 4.81. The fourth-order valence-electron chi connectivity index (χ4n) is 2.86. The Bertz CT molecular complexity index is 1210. The molecule has 0 aliphatic carbocycles. The fraction of sp³-hybridized carbons (Fsp3) is 0.0952. The summed E-state index contributed by atoms with van der Waals surface area (Å²) in [5.41, 5.74) is 3.47. The van der Waals surface area contributed by atoms with Crippen molar-refractivity contribution in [3.63, 3.8) is 0 Å². The second-order valence-electron chi connectivity index (χ2n) is 6.37. The van der Waals surface area contributed by atoms with Crippen molar-refractivity contribution in [2.45, 2.75) is 11.8 Å². The lowest BCUT2D eigenvalue weighted by molar-refractivity contribution is -0.114. The second kappa shape index (κ2) is 8.10. The SMILES string of the molecule is CC(=O)Nc1nc2ccc(-c3cncc(N(C)S(=O)c4ccccc4)c3)cc2s1. The Labute approximate surface area is 174 Å². The third-order valence-electron chi connectivity index (χ3n) is 4.29. The van der Waals surface area contributed by atoms with E-state index < -0.39 is 11.0 Å². The number of benzene rings is 2. The summed E-state index contributed by atoms with van der Waals surface area (Å²) in [7, 11) is 0.464. The van der Waals surface area contributed by atoms with Crippen molar-refractivity contribution in [3.05, 3.63) is 67.0 Å². The summed E-state index contributed by atoms with van der Waals surface area (Å²) in [6.07, 6.45) is 3.48. The molecule has 0 fully saturated rings. The van der Waals surface area contributed by atoms with Crippen LogP contribution in [-0.2, 0) is 15.8 Å². The van der Waals surface area contributed by atoms with Crippen molar-refractivity contribution < 1.29 is 9.00 Å². The molecule has 0 radical (unpaired) electrons. The third kappa shape index (κ3) is 4.18. The van der Waals surface area contributed by atoms with Gasteiger partial charge in [0, 0.05) is 25.7 Å². The molecule has 0 saturated carbocycles. The monoisotopic (exact) mass is 422 g/mol. The van der Waals surface area contributed by atoms with E-state index in [2.05, 4.69) is 15.3 Å². The van der Waals surface area contributed by atoms with E-state index in [9.17, 15) is 9.00 Å². The summed E-state index contributed by atoms with van der Waals surface area (Å²) < 4.78 is 15.5. The van der Waals surface area contributed by atoms with Crippen molar-refractivity contribution in [3.8, 4) is 11.1 Å². The topological polar surface area (TPSA) is 75.2 Å². The first kappa shape index (κ1) is 19.2. The summed E-state index contributed by atoms with van der Waals surface area (Å²) >= 11 is 1.42. The van der Waals surface area contributed by atoms with Gasteiger partial charge in [-0.2, -0.15) is 0 Å². The first-order chi connectivity index (χ1) is 14.0. The number of nitrogens with zero attached hydrogens (tertiary/aromatic N) is 3. The molecule has 2 aromatic heterocycles. The van der Waals surface area contributed by atoms with Crippen LogP contribution >= 0.6 is 11.3 Å². The van der Waals surface area contributed by atoms with E-state index >= 15 is 0 Å². The minimum Gasteiger partial charge on any atom is -0.302 e. The smallest absolute Gasteiger partial charge is 0.223 e. The molecule has 1 amide bonds. The Morgan fingerprint density at radius 2 is 1.86 bits per heavy atom. The highest BCUT2D eigenvalue weighted by molar-refractivity contribution is 7.86. The quantitative estimate of drug-likeness (QED) is 0.515.